The molecule has 0 fully saturated rings. The number of phosphoric ester groups is 2. The molecule has 0 amide bonds. The SMILES string of the molecule is CCCCCCCCCCCCCCCCCCCCCCCCC(=O)O[C@H](COC(=O)CCCCCCCCCCCCCCCC(C)C)COP(=O)(O)OC[C@@H](O)COP(=O)(O)OC[C@@H](COC(=O)CCCCCCCCC)OC(=O)CCCCCCCCCCCCCCCC(C)C. The van der Waals surface area contributed by atoms with Crippen LogP contribution in [0.25, 0.3) is 0 Å². The number of hydrogen-bond acceptors (Lipinski definition) is 15. The molecule has 0 spiro atoms. The molecule has 600 valence electrons. The van der Waals surface area contributed by atoms with Crippen molar-refractivity contribution in [3.63, 3.8) is 0 Å². The lowest BCUT2D eigenvalue weighted by Gasteiger charge is -2.21. The second-order valence-electron chi connectivity index (χ2n) is 30.5. The van der Waals surface area contributed by atoms with E-state index < -0.39 is 97.5 Å². The van der Waals surface area contributed by atoms with E-state index in [1.54, 1.807) is 0 Å². The number of ether oxygens (including phenoxy) is 4. The minimum Gasteiger partial charge on any atom is -0.462 e. The second kappa shape index (κ2) is 73.6. The van der Waals surface area contributed by atoms with Crippen LogP contribution in [-0.2, 0) is 65.4 Å². The number of rotatable bonds is 81. The fraction of sp³-hybridized carbons (Fsp3) is 0.951. The van der Waals surface area contributed by atoms with Crippen LogP contribution in [0.4, 0.5) is 0 Å². The third-order valence-electron chi connectivity index (χ3n) is 19.2. The molecule has 19 heteroatoms. The number of unbranched alkanes of at least 4 members (excludes halogenated alkanes) is 51. The van der Waals surface area contributed by atoms with E-state index >= 15 is 0 Å². The Hall–Kier alpha value is -1.94. The Balaban J connectivity index is 5.16. The molecule has 0 aliphatic rings. The maximum absolute atomic E-state index is 13.1. The number of carbonyl (C=O) groups excluding carboxylic acids is 4. The first kappa shape index (κ1) is 99.1. The molecule has 0 saturated carbocycles. The first-order chi connectivity index (χ1) is 48.9. The van der Waals surface area contributed by atoms with E-state index in [1.807, 2.05) is 0 Å². The van der Waals surface area contributed by atoms with Crippen molar-refractivity contribution in [2.75, 3.05) is 39.6 Å². The van der Waals surface area contributed by atoms with Gasteiger partial charge in [0.1, 0.15) is 19.3 Å². The molecule has 0 bridgehead atoms. The normalized spacial score (nSPS) is 13.9. The third-order valence-corrected chi connectivity index (χ3v) is 21.1. The number of aliphatic hydroxyl groups is 1. The van der Waals surface area contributed by atoms with Gasteiger partial charge in [-0.1, -0.05) is 382 Å². The number of carbonyl (C=O) groups is 4. The van der Waals surface area contributed by atoms with Crippen molar-refractivity contribution in [2.24, 2.45) is 11.8 Å². The van der Waals surface area contributed by atoms with Gasteiger partial charge in [0.15, 0.2) is 12.2 Å². The minimum absolute atomic E-state index is 0.107. The quantitative estimate of drug-likeness (QED) is 0.0222. The van der Waals surface area contributed by atoms with Gasteiger partial charge in [-0.15, -0.1) is 0 Å². The zero-order valence-electron chi connectivity index (χ0n) is 66.2. The highest BCUT2D eigenvalue weighted by Gasteiger charge is 2.30. The maximum atomic E-state index is 13.1. The van der Waals surface area contributed by atoms with Crippen molar-refractivity contribution in [3.05, 3.63) is 0 Å². The maximum Gasteiger partial charge on any atom is 0.472 e. The summed E-state index contributed by atoms with van der Waals surface area (Å²) in [4.78, 5) is 72.9. The van der Waals surface area contributed by atoms with Crippen molar-refractivity contribution in [1.29, 1.82) is 0 Å². The fourth-order valence-corrected chi connectivity index (χ4v) is 14.3. The summed E-state index contributed by atoms with van der Waals surface area (Å²) in [7, 11) is -9.92. The van der Waals surface area contributed by atoms with Gasteiger partial charge >= 0.3 is 39.5 Å². The van der Waals surface area contributed by atoms with Gasteiger partial charge in [-0.3, -0.25) is 37.3 Å². The van der Waals surface area contributed by atoms with E-state index in [1.165, 1.54) is 238 Å². The van der Waals surface area contributed by atoms with Crippen molar-refractivity contribution >= 4 is 39.5 Å². The van der Waals surface area contributed by atoms with Crippen molar-refractivity contribution in [1.82, 2.24) is 0 Å². The lowest BCUT2D eigenvalue weighted by Crippen LogP contribution is -2.30. The predicted molar refractivity (Wildman–Crippen MR) is 414 cm³/mol. The number of esters is 4. The lowest BCUT2D eigenvalue weighted by molar-refractivity contribution is -0.161. The molecule has 3 N–H and O–H groups in total. The summed E-state index contributed by atoms with van der Waals surface area (Å²) in [6, 6.07) is 0. The van der Waals surface area contributed by atoms with Crippen molar-refractivity contribution < 1.29 is 80.2 Å². The van der Waals surface area contributed by atoms with Gasteiger partial charge < -0.3 is 33.8 Å². The predicted octanol–water partition coefficient (Wildman–Crippen LogP) is 24.7. The van der Waals surface area contributed by atoms with Gasteiger partial charge in [0.25, 0.3) is 0 Å². The average molecular weight is 1480 g/mol. The number of aliphatic hydroxyl groups excluding tert-OH is 1. The molecule has 0 aromatic heterocycles. The molecule has 0 aromatic rings. The van der Waals surface area contributed by atoms with Crippen molar-refractivity contribution in [3.8, 4) is 0 Å². The summed E-state index contributed by atoms with van der Waals surface area (Å²) in [5.41, 5.74) is 0. The number of hydrogen-bond donors (Lipinski definition) is 3. The van der Waals surface area contributed by atoms with Crippen LogP contribution in [-0.4, -0.2) is 96.7 Å². The topological polar surface area (TPSA) is 237 Å². The molecule has 0 heterocycles. The molecule has 101 heavy (non-hydrogen) atoms. The molecule has 0 aliphatic carbocycles. The number of phosphoric acid groups is 2. The third kappa shape index (κ3) is 76.1. The second-order valence-corrected chi connectivity index (χ2v) is 33.4. The Morgan fingerprint density at radius 3 is 0.673 bits per heavy atom. The Labute approximate surface area is 619 Å². The highest BCUT2D eigenvalue weighted by Crippen LogP contribution is 2.45. The summed E-state index contributed by atoms with van der Waals surface area (Å²) in [6.07, 6.45) is 64.1. The van der Waals surface area contributed by atoms with E-state index in [0.717, 1.165) is 115 Å². The van der Waals surface area contributed by atoms with E-state index in [0.29, 0.717) is 25.7 Å². The molecule has 0 saturated heterocycles. The molecule has 5 atom stereocenters. The van der Waals surface area contributed by atoms with Crippen LogP contribution in [0.5, 0.6) is 0 Å². The van der Waals surface area contributed by atoms with Crippen LogP contribution in [0.15, 0.2) is 0 Å². The standard InChI is InChI=1S/C82H160O17P2/c1-7-9-11-13-15-16-17-18-19-20-21-22-23-24-25-26-31-37-42-48-54-60-66-82(87)99-78(71-93-80(85)65-59-53-47-41-36-32-27-29-34-39-45-50-56-62-74(3)4)73-97-101(90,91)95-69-76(83)68-94-100(88,89)96-72-77(70-92-79(84)64-58-52-44-14-12-10-8-2)98-81(86)67-61-55-49-43-38-33-28-30-35-40-46-51-57-63-75(5)6/h74-78,83H,7-73H2,1-6H3,(H,88,89)(H,90,91)/t76-,77+,78+/m0/s1. The Morgan fingerprint density at radius 2 is 0.455 bits per heavy atom. The highest BCUT2D eigenvalue weighted by atomic mass is 31.2. The van der Waals surface area contributed by atoms with Gasteiger partial charge in [-0.25, -0.2) is 9.13 Å². The molecular weight excluding hydrogens is 1320 g/mol. The highest BCUT2D eigenvalue weighted by molar-refractivity contribution is 7.47. The molecule has 2 unspecified atom stereocenters. The molecule has 0 aromatic carbocycles. The summed E-state index contributed by atoms with van der Waals surface area (Å²) in [6.45, 7) is 9.63. The molecule has 0 rings (SSSR count). The van der Waals surface area contributed by atoms with E-state index in [9.17, 15) is 43.2 Å². The Bertz CT molecular complexity index is 1940. The monoisotopic (exact) mass is 1480 g/mol. The molecule has 17 nitrogen and oxygen atoms in total. The van der Waals surface area contributed by atoms with Crippen LogP contribution in [0, 0.1) is 11.8 Å². The van der Waals surface area contributed by atoms with Gasteiger partial charge in [0.05, 0.1) is 26.4 Å². The molecule has 0 aliphatic heterocycles. The first-order valence-electron chi connectivity index (χ1n) is 42.5. The van der Waals surface area contributed by atoms with Crippen LogP contribution in [0.1, 0.15) is 433 Å². The van der Waals surface area contributed by atoms with Gasteiger partial charge in [0, 0.05) is 25.7 Å². The van der Waals surface area contributed by atoms with Gasteiger partial charge in [0.2, 0.25) is 0 Å². The van der Waals surface area contributed by atoms with E-state index in [-0.39, 0.29) is 25.7 Å². The van der Waals surface area contributed by atoms with Crippen LogP contribution in [0.3, 0.4) is 0 Å². The average Bonchev–Trinajstić information content (AvgIpc) is 2.22. The zero-order chi connectivity index (χ0) is 74.2. The zero-order valence-corrected chi connectivity index (χ0v) is 68.0. The summed E-state index contributed by atoms with van der Waals surface area (Å²) < 4.78 is 68.6. The smallest absolute Gasteiger partial charge is 0.462 e. The molecular formula is C82H160O17P2. The molecule has 0 radical (unpaired) electrons. The summed E-state index contributed by atoms with van der Waals surface area (Å²) in [5, 5.41) is 10.6. The van der Waals surface area contributed by atoms with Crippen molar-refractivity contribution in [2.45, 2.75) is 452 Å². The largest absolute Gasteiger partial charge is 0.472 e. The lowest BCUT2D eigenvalue weighted by atomic mass is 10.0. The van der Waals surface area contributed by atoms with Crippen LogP contribution >= 0.6 is 15.6 Å². The Kier molecular flexibility index (Phi) is 72.2. The minimum atomic E-state index is -4.96. The summed E-state index contributed by atoms with van der Waals surface area (Å²) >= 11 is 0. The fourth-order valence-electron chi connectivity index (χ4n) is 12.7. The van der Waals surface area contributed by atoms with Crippen LogP contribution in [0.2, 0.25) is 0 Å². The van der Waals surface area contributed by atoms with Crippen LogP contribution < -0.4 is 0 Å². The Morgan fingerprint density at radius 1 is 0.267 bits per heavy atom. The first-order valence-corrected chi connectivity index (χ1v) is 45.5. The van der Waals surface area contributed by atoms with E-state index in [4.69, 9.17) is 37.0 Å². The summed E-state index contributed by atoms with van der Waals surface area (Å²) in [5.74, 6) is -0.535. The van der Waals surface area contributed by atoms with Gasteiger partial charge in [-0.2, -0.15) is 0 Å². The van der Waals surface area contributed by atoms with E-state index in [2.05, 4.69) is 41.5 Å². The van der Waals surface area contributed by atoms with Gasteiger partial charge in [-0.05, 0) is 37.5 Å².